The normalized spacial score (nSPS) is 15.7. The summed E-state index contributed by atoms with van der Waals surface area (Å²) in [6.45, 7) is 22.4. The molecule has 0 unspecified atom stereocenters. The van der Waals surface area contributed by atoms with Crippen LogP contribution in [0, 0.1) is 25.6 Å². The van der Waals surface area contributed by atoms with Gasteiger partial charge in [-0.2, -0.15) is 0 Å². The molecular formula is C39H49F3N4. The van der Waals surface area contributed by atoms with Gasteiger partial charge in [0.15, 0.2) is 0 Å². The van der Waals surface area contributed by atoms with Gasteiger partial charge in [-0.1, -0.05) is 82.2 Å². The average molecular weight is 631 g/mol. The standard InChI is InChI=1S/C35H41F3N4.C2H6.C2H2/c1-8-13-31(28-14-12-15-30(36)20-28)34-25(6)40-33(41-34)21-29(32(11-4)39-7)18-24(5)27(10-3)19-26(9-2)22-42-17-16-35(37,38)23-42;2*1-2/h8-15,18-20,39H,1-2,5,16-17,21-23H2,3-4,6-7H3,(H,40,41);1-2H3;1-2H/b26-19+,27-10+,29-18-,31-13-,32-11+;;. The number of alkyl halides is 2. The van der Waals surface area contributed by atoms with E-state index in [9.17, 15) is 13.2 Å². The zero-order valence-electron chi connectivity index (χ0n) is 28.2. The molecule has 1 aromatic carbocycles. The first kappa shape index (κ1) is 39.5. The molecule has 4 nitrogen and oxygen atoms in total. The number of aromatic nitrogens is 2. The second-order valence-corrected chi connectivity index (χ2v) is 10.3. The van der Waals surface area contributed by atoms with Crippen LogP contribution in [0.3, 0.4) is 0 Å². The number of allylic oxidation sites excluding steroid dienone is 9. The highest BCUT2D eigenvalue weighted by molar-refractivity contribution is 5.80. The van der Waals surface area contributed by atoms with E-state index in [2.05, 4.69) is 42.9 Å². The van der Waals surface area contributed by atoms with E-state index >= 15 is 0 Å². The average Bonchev–Trinajstić information content (AvgIpc) is 3.59. The maximum Gasteiger partial charge on any atom is 0.261 e. The molecule has 7 heteroatoms. The number of terminal acetylenes is 1. The molecule has 46 heavy (non-hydrogen) atoms. The van der Waals surface area contributed by atoms with E-state index in [-0.39, 0.29) is 18.8 Å². The summed E-state index contributed by atoms with van der Waals surface area (Å²) in [6, 6.07) is 6.42. The number of likely N-dealkylation sites (tertiary alicyclic amines) is 1. The number of H-pyrrole nitrogens is 1. The molecule has 0 atom stereocenters. The van der Waals surface area contributed by atoms with Crippen LogP contribution in [0.25, 0.3) is 5.57 Å². The van der Waals surface area contributed by atoms with Gasteiger partial charge in [-0.15, -0.1) is 12.8 Å². The fraction of sp³-hybridized carbons (Fsp3) is 0.308. The maximum absolute atomic E-state index is 14.0. The summed E-state index contributed by atoms with van der Waals surface area (Å²) in [6.07, 6.45) is 21.5. The number of hydrogen-bond donors (Lipinski definition) is 2. The van der Waals surface area contributed by atoms with Crippen molar-refractivity contribution in [3.63, 3.8) is 0 Å². The number of benzene rings is 1. The summed E-state index contributed by atoms with van der Waals surface area (Å²) in [4.78, 5) is 10.0. The lowest BCUT2D eigenvalue weighted by molar-refractivity contribution is 0.0131. The molecule has 1 aliphatic heterocycles. The van der Waals surface area contributed by atoms with Gasteiger partial charge < -0.3 is 10.3 Å². The molecule has 0 aliphatic carbocycles. The van der Waals surface area contributed by atoms with Crippen molar-refractivity contribution in [2.24, 2.45) is 0 Å². The quantitative estimate of drug-likeness (QED) is 0.171. The molecule has 0 amide bonds. The van der Waals surface area contributed by atoms with Crippen molar-refractivity contribution < 1.29 is 13.2 Å². The van der Waals surface area contributed by atoms with Gasteiger partial charge in [0.25, 0.3) is 5.92 Å². The lowest BCUT2D eigenvalue weighted by atomic mass is 9.98. The Labute approximate surface area is 274 Å². The first-order valence-corrected chi connectivity index (χ1v) is 15.4. The second kappa shape index (κ2) is 19.8. The molecule has 0 saturated carbocycles. The number of aryl methyl sites for hydroxylation is 1. The molecule has 0 spiro atoms. The third-order valence-corrected chi connectivity index (χ3v) is 7.16. The molecule has 0 radical (unpaired) electrons. The number of rotatable bonds is 13. The molecule has 2 aromatic rings. The second-order valence-electron chi connectivity index (χ2n) is 10.3. The van der Waals surface area contributed by atoms with E-state index in [1.165, 1.54) is 12.1 Å². The Morgan fingerprint density at radius 3 is 2.37 bits per heavy atom. The largest absolute Gasteiger partial charge is 0.388 e. The van der Waals surface area contributed by atoms with E-state index in [4.69, 9.17) is 4.98 Å². The number of aromatic amines is 1. The molecule has 3 rings (SSSR count). The van der Waals surface area contributed by atoms with Crippen molar-refractivity contribution in [2.45, 2.75) is 53.4 Å². The third-order valence-electron chi connectivity index (χ3n) is 7.16. The van der Waals surface area contributed by atoms with Crippen molar-refractivity contribution in [3.05, 3.63) is 143 Å². The zero-order valence-corrected chi connectivity index (χ0v) is 28.2. The summed E-state index contributed by atoms with van der Waals surface area (Å²) in [7, 11) is 1.86. The molecule has 1 aliphatic rings. The van der Waals surface area contributed by atoms with Gasteiger partial charge in [-0.3, -0.25) is 4.90 Å². The van der Waals surface area contributed by atoms with Crippen LogP contribution in [-0.4, -0.2) is 47.5 Å². The van der Waals surface area contributed by atoms with Gasteiger partial charge in [0, 0.05) is 49.9 Å². The van der Waals surface area contributed by atoms with Crippen molar-refractivity contribution in [3.8, 4) is 12.8 Å². The maximum atomic E-state index is 14.0. The highest BCUT2D eigenvalue weighted by Gasteiger charge is 2.37. The SMILES string of the molecule is C#C.C=C/C=C(/c1cccc(F)c1)c1nc(CC(=C/C(=C)C(/C=C(\C=C)CN2CCC(F)(F)C2)=C/C)/C(=C\C)NC)[nH]c1C.CC. The van der Waals surface area contributed by atoms with Crippen LogP contribution in [0.5, 0.6) is 0 Å². The molecular weight excluding hydrogens is 581 g/mol. The molecule has 2 N–H and O–H groups in total. The number of hydrogen-bond acceptors (Lipinski definition) is 3. The fourth-order valence-electron chi connectivity index (χ4n) is 5.07. The van der Waals surface area contributed by atoms with Crippen LogP contribution < -0.4 is 5.32 Å². The van der Waals surface area contributed by atoms with Crippen molar-refractivity contribution in [2.75, 3.05) is 26.7 Å². The molecule has 1 saturated heterocycles. The zero-order chi connectivity index (χ0) is 34.9. The summed E-state index contributed by atoms with van der Waals surface area (Å²) in [5.74, 6) is -2.23. The Morgan fingerprint density at radius 1 is 1.15 bits per heavy atom. The number of likely N-dealkylation sites (N-methyl/N-ethyl adjacent to an activating group) is 1. The Morgan fingerprint density at radius 2 is 1.85 bits per heavy atom. The van der Waals surface area contributed by atoms with Gasteiger partial charge in [-0.25, -0.2) is 18.2 Å². The number of nitrogens with zero attached hydrogens (tertiary/aromatic N) is 2. The van der Waals surface area contributed by atoms with E-state index in [1.54, 1.807) is 23.1 Å². The van der Waals surface area contributed by atoms with Crippen LogP contribution in [-0.2, 0) is 6.42 Å². The van der Waals surface area contributed by atoms with Crippen molar-refractivity contribution >= 4 is 5.57 Å². The van der Waals surface area contributed by atoms with Crippen LogP contribution in [0.15, 0.2) is 115 Å². The summed E-state index contributed by atoms with van der Waals surface area (Å²) >= 11 is 0. The predicted molar refractivity (Wildman–Crippen MR) is 190 cm³/mol. The summed E-state index contributed by atoms with van der Waals surface area (Å²) in [5, 5.41) is 3.25. The lowest BCUT2D eigenvalue weighted by Crippen LogP contribution is -2.26. The Hall–Kier alpha value is -4.54. The summed E-state index contributed by atoms with van der Waals surface area (Å²) < 4.78 is 41.5. The fourth-order valence-corrected chi connectivity index (χ4v) is 5.07. The van der Waals surface area contributed by atoms with E-state index in [0.29, 0.717) is 25.1 Å². The van der Waals surface area contributed by atoms with E-state index in [0.717, 1.165) is 50.8 Å². The molecule has 0 bridgehead atoms. The number of nitrogens with one attached hydrogen (secondary N) is 2. The molecule has 1 aromatic heterocycles. The highest BCUT2D eigenvalue weighted by Crippen LogP contribution is 2.29. The van der Waals surface area contributed by atoms with Gasteiger partial charge in [0.05, 0.1) is 12.2 Å². The predicted octanol–water partition coefficient (Wildman–Crippen LogP) is 9.30. The Balaban J connectivity index is 0.00000254. The topological polar surface area (TPSA) is 44.0 Å². The minimum absolute atomic E-state index is 0.121. The minimum Gasteiger partial charge on any atom is -0.388 e. The van der Waals surface area contributed by atoms with Crippen molar-refractivity contribution in [1.29, 1.82) is 0 Å². The number of halogens is 3. The minimum atomic E-state index is -2.64. The van der Waals surface area contributed by atoms with E-state index in [1.807, 2.05) is 78.1 Å². The number of imidazole rings is 1. The lowest BCUT2D eigenvalue weighted by Gasteiger charge is -2.17. The Kier molecular flexibility index (Phi) is 17.0. The third kappa shape index (κ3) is 11.4. The first-order chi connectivity index (χ1) is 22.0. The van der Waals surface area contributed by atoms with Crippen LogP contribution >= 0.6 is 0 Å². The first-order valence-electron chi connectivity index (χ1n) is 15.4. The van der Waals surface area contributed by atoms with Crippen LogP contribution in [0.2, 0.25) is 0 Å². The Bertz CT molecular complexity index is 1510. The van der Waals surface area contributed by atoms with Crippen LogP contribution in [0.4, 0.5) is 13.2 Å². The van der Waals surface area contributed by atoms with E-state index < -0.39 is 5.92 Å². The monoisotopic (exact) mass is 630 g/mol. The van der Waals surface area contributed by atoms with Gasteiger partial charge in [0.1, 0.15) is 11.6 Å². The smallest absolute Gasteiger partial charge is 0.261 e. The molecule has 1 fully saturated rings. The highest BCUT2D eigenvalue weighted by atomic mass is 19.3. The van der Waals surface area contributed by atoms with Crippen LogP contribution in [0.1, 0.15) is 56.9 Å². The molecule has 2 heterocycles. The van der Waals surface area contributed by atoms with Crippen molar-refractivity contribution in [1.82, 2.24) is 20.2 Å². The summed E-state index contributed by atoms with van der Waals surface area (Å²) in [5.41, 5.74) is 7.42. The van der Waals surface area contributed by atoms with Gasteiger partial charge in [0.2, 0.25) is 0 Å². The van der Waals surface area contributed by atoms with Gasteiger partial charge >= 0.3 is 0 Å². The van der Waals surface area contributed by atoms with Gasteiger partial charge in [-0.05, 0) is 66.8 Å². The molecule has 246 valence electrons.